The number of nitrogens with zero attached hydrogens (tertiary/aromatic N) is 4. The van der Waals surface area contributed by atoms with Gasteiger partial charge in [-0.15, -0.1) is 0 Å². The number of hydrogen-bond donors (Lipinski definition) is 2. The molecule has 0 bridgehead atoms. The van der Waals surface area contributed by atoms with E-state index < -0.39 is 17.8 Å². The fourth-order valence-electron chi connectivity index (χ4n) is 3.93. The SMILES string of the molecule is NC(=O)C1CC(C(=O)N2CCCN(C(=O)Nc3ccc(Cl)cc3)CC2)=NN1c1ccc(F)cc1. The van der Waals surface area contributed by atoms with Crippen LogP contribution >= 0.6 is 11.6 Å². The summed E-state index contributed by atoms with van der Waals surface area (Å²) < 4.78 is 13.3. The van der Waals surface area contributed by atoms with Crippen LogP contribution in [0.5, 0.6) is 0 Å². The Morgan fingerprint density at radius 1 is 0.971 bits per heavy atom. The van der Waals surface area contributed by atoms with Gasteiger partial charge in [0.25, 0.3) is 5.91 Å². The highest BCUT2D eigenvalue weighted by atomic mass is 35.5. The Balaban J connectivity index is 1.41. The molecule has 9 nitrogen and oxygen atoms in total. The maximum Gasteiger partial charge on any atom is 0.321 e. The normalized spacial score (nSPS) is 18.4. The number of nitrogens with one attached hydrogen (secondary N) is 1. The third-order valence-corrected chi connectivity index (χ3v) is 5.99. The molecule has 2 aromatic carbocycles. The van der Waals surface area contributed by atoms with E-state index in [0.29, 0.717) is 49.0 Å². The van der Waals surface area contributed by atoms with Crippen molar-refractivity contribution in [1.82, 2.24) is 9.80 Å². The van der Waals surface area contributed by atoms with Gasteiger partial charge in [0.2, 0.25) is 5.91 Å². The zero-order chi connectivity index (χ0) is 24.2. The molecule has 0 saturated carbocycles. The first-order valence-corrected chi connectivity index (χ1v) is 11.2. The van der Waals surface area contributed by atoms with Crippen LogP contribution in [0.15, 0.2) is 53.6 Å². The third kappa shape index (κ3) is 5.28. The highest BCUT2D eigenvalue weighted by Crippen LogP contribution is 2.25. The smallest absolute Gasteiger partial charge is 0.321 e. The number of benzene rings is 2. The number of nitrogens with two attached hydrogens (primary N) is 1. The van der Waals surface area contributed by atoms with Crippen LogP contribution in [0.1, 0.15) is 12.8 Å². The van der Waals surface area contributed by atoms with Crippen molar-refractivity contribution in [2.24, 2.45) is 10.8 Å². The molecule has 178 valence electrons. The summed E-state index contributed by atoms with van der Waals surface area (Å²) >= 11 is 5.88. The van der Waals surface area contributed by atoms with Crippen molar-refractivity contribution in [2.45, 2.75) is 18.9 Å². The van der Waals surface area contributed by atoms with Crippen LogP contribution in [0.3, 0.4) is 0 Å². The third-order valence-electron chi connectivity index (χ3n) is 5.74. The minimum absolute atomic E-state index is 0.0583. The molecule has 4 amide bonds. The molecular formula is C23H24ClFN6O3. The summed E-state index contributed by atoms with van der Waals surface area (Å²) in [6.07, 6.45) is 0.650. The summed E-state index contributed by atoms with van der Waals surface area (Å²) in [5.41, 5.74) is 6.83. The molecule has 2 aliphatic rings. The number of carbonyl (C=O) groups excluding carboxylic acids is 3. The van der Waals surface area contributed by atoms with Gasteiger partial charge in [-0.1, -0.05) is 11.6 Å². The molecule has 2 aliphatic heterocycles. The van der Waals surface area contributed by atoms with E-state index >= 15 is 0 Å². The lowest BCUT2D eigenvalue weighted by Crippen LogP contribution is -2.42. The Labute approximate surface area is 200 Å². The van der Waals surface area contributed by atoms with Crippen molar-refractivity contribution < 1.29 is 18.8 Å². The van der Waals surface area contributed by atoms with Crippen molar-refractivity contribution in [3.63, 3.8) is 0 Å². The molecule has 0 spiro atoms. The largest absolute Gasteiger partial charge is 0.368 e. The van der Waals surface area contributed by atoms with E-state index in [0.717, 1.165) is 0 Å². The highest BCUT2D eigenvalue weighted by molar-refractivity contribution is 6.40. The predicted octanol–water partition coefficient (Wildman–Crippen LogP) is 2.67. The standard InChI is InChI=1S/C23H24ClFN6O3/c24-15-2-6-17(7-3-15)27-23(34)30-11-1-10-29(12-13-30)22(33)19-14-20(21(26)32)31(28-19)18-8-4-16(25)5-9-18/h2-9,20H,1,10-14H2,(H2,26,32)(H,27,34). The molecule has 11 heteroatoms. The van der Waals surface area contributed by atoms with E-state index in [-0.39, 0.29) is 24.1 Å². The van der Waals surface area contributed by atoms with E-state index in [1.165, 1.54) is 29.3 Å². The molecule has 2 aromatic rings. The monoisotopic (exact) mass is 486 g/mol. The quantitative estimate of drug-likeness (QED) is 0.692. The molecular weight excluding hydrogens is 463 g/mol. The van der Waals surface area contributed by atoms with E-state index in [2.05, 4.69) is 10.4 Å². The number of anilines is 2. The number of urea groups is 1. The van der Waals surface area contributed by atoms with Crippen LogP contribution in [0.25, 0.3) is 0 Å². The van der Waals surface area contributed by atoms with Crippen LogP contribution in [-0.4, -0.2) is 65.6 Å². The fraction of sp³-hybridized carbons (Fsp3) is 0.304. The minimum Gasteiger partial charge on any atom is -0.368 e. The Hall–Kier alpha value is -3.66. The Bertz CT molecular complexity index is 1110. The predicted molar refractivity (Wildman–Crippen MR) is 127 cm³/mol. The number of primary amides is 1. The Kier molecular flexibility index (Phi) is 6.97. The van der Waals surface area contributed by atoms with Crippen LogP contribution in [-0.2, 0) is 9.59 Å². The Morgan fingerprint density at radius 3 is 2.29 bits per heavy atom. The van der Waals surface area contributed by atoms with E-state index in [4.69, 9.17) is 17.3 Å². The van der Waals surface area contributed by atoms with Crippen LogP contribution < -0.4 is 16.1 Å². The molecule has 1 unspecified atom stereocenters. The molecule has 1 atom stereocenters. The van der Waals surface area contributed by atoms with Gasteiger partial charge in [0.15, 0.2) is 0 Å². The molecule has 34 heavy (non-hydrogen) atoms. The van der Waals surface area contributed by atoms with Gasteiger partial charge >= 0.3 is 6.03 Å². The molecule has 3 N–H and O–H groups in total. The second kappa shape index (κ2) is 10.1. The second-order valence-corrected chi connectivity index (χ2v) is 8.50. The molecule has 0 aliphatic carbocycles. The van der Waals surface area contributed by atoms with E-state index in [1.54, 1.807) is 34.1 Å². The van der Waals surface area contributed by atoms with Crippen molar-refractivity contribution >= 4 is 46.5 Å². The molecule has 0 aromatic heterocycles. The minimum atomic E-state index is -0.835. The fourth-order valence-corrected chi connectivity index (χ4v) is 4.06. The maximum absolute atomic E-state index is 13.3. The van der Waals surface area contributed by atoms with Gasteiger partial charge in [-0.05, 0) is 55.0 Å². The van der Waals surface area contributed by atoms with Crippen LogP contribution in [0, 0.1) is 5.82 Å². The number of hydrazone groups is 1. The van der Waals surface area contributed by atoms with Gasteiger partial charge in [0.1, 0.15) is 17.6 Å². The highest BCUT2D eigenvalue weighted by Gasteiger charge is 2.37. The average molecular weight is 487 g/mol. The number of amides is 4. The van der Waals surface area contributed by atoms with E-state index in [1.807, 2.05) is 0 Å². The second-order valence-electron chi connectivity index (χ2n) is 8.06. The zero-order valence-corrected chi connectivity index (χ0v) is 19.0. The van der Waals surface area contributed by atoms with Crippen molar-refractivity contribution in [1.29, 1.82) is 0 Å². The van der Waals surface area contributed by atoms with Crippen LogP contribution in [0.2, 0.25) is 5.02 Å². The molecule has 1 saturated heterocycles. The Morgan fingerprint density at radius 2 is 1.62 bits per heavy atom. The number of rotatable bonds is 4. The molecule has 4 rings (SSSR count). The molecule has 0 radical (unpaired) electrons. The van der Waals surface area contributed by atoms with Crippen molar-refractivity contribution in [2.75, 3.05) is 36.5 Å². The molecule has 2 heterocycles. The van der Waals surface area contributed by atoms with Gasteiger partial charge in [-0.3, -0.25) is 14.6 Å². The maximum atomic E-state index is 13.3. The first-order chi connectivity index (χ1) is 16.3. The zero-order valence-electron chi connectivity index (χ0n) is 18.3. The summed E-state index contributed by atoms with van der Waals surface area (Å²) in [7, 11) is 0. The van der Waals surface area contributed by atoms with E-state index in [9.17, 15) is 18.8 Å². The first-order valence-electron chi connectivity index (χ1n) is 10.8. The lowest BCUT2D eigenvalue weighted by Gasteiger charge is -2.22. The summed E-state index contributed by atoms with van der Waals surface area (Å²) in [5, 5.41) is 9.11. The van der Waals surface area contributed by atoms with Gasteiger partial charge in [0, 0.05) is 43.3 Å². The molecule has 1 fully saturated rings. The summed E-state index contributed by atoms with van der Waals surface area (Å²) in [5.74, 6) is -1.36. The lowest BCUT2D eigenvalue weighted by atomic mass is 10.1. The number of carbonyl (C=O) groups is 3. The van der Waals surface area contributed by atoms with Crippen molar-refractivity contribution in [3.05, 3.63) is 59.4 Å². The van der Waals surface area contributed by atoms with Gasteiger partial charge in [-0.2, -0.15) is 5.10 Å². The van der Waals surface area contributed by atoms with Crippen LogP contribution in [0.4, 0.5) is 20.6 Å². The topological polar surface area (TPSA) is 111 Å². The van der Waals surface area contributed by atoms with Gasteiger partial charge in [0.05, 0.1) is 5.69 Å². The summed E-state index contributed by atoms with van der Waals surface area (Å²) in [6, 6.07) is 11.2. The number of halogens is 2. The van der Waals surface area contributed by atoms with Gasteiger partial charge < -0.3 is 20.9 Å². The average Bonchev–Trinajstić information content (AvgIpc) is 3.12. The first kappa shape index (κ1) is 23.5. The summed E-state index contributed by atoms with van der Waals surface area (Å²) in [4.78, 5) is 41.1. The summed E-state index contributed by atoms with van der Waals surface area (Å²) in [6.45, 7) is 1.60. The van der Waals surface area contributed by atoms with Gasteiger partial charge in [-0.25, -0.2) is 9.18 Å². The van der Waals surface area contributed by atoms with Crippen molar-refractivity contribution in [3.8, 4) is 0 Å². The number of hydrogen-bond acceptors (Lipinski definition) is 5. The lowest BCUT2D eigenvalue weighted by molar-refractivity contribution is -0.124.